The maximum atomic E-state index is 11.5. The van der Waals surface area contributed by atoms with Crippen LogP contribution in [0.2, 0.25) is 0 Å². The van der Waals surface area contributed by atoms with Gasteiger partial charge in [-0.2, -0.15) is 5.10 Å². The summed E-state index contributed by atoms with van der Waals surface area (Å²) in [5, 5.41) is 18.0. The Labute approximate surface area is 92.9 Å². The van der Waals surface area contributed by atoms with E-state index < -0.39 is 0 Å². The largest absolute Gasteiger partial charge is 0.409 e. The van der Waals surface area contributed by atoms with Crippen LogP contribution in [0.1, 0.15) is 19.4 Å². The molecule has 16 heavy (non-hydrogen) atoms. The molecule has 0 spiro atoms. The molecule has 0 bridgehead atoms. The highest BCUT2D eigenvalue weighted by Crippen LogP contribution is 2.14. The van der Waals surface area contributed by atoms with E-state index >= 15 is 0 Å². The van der Waals surface area contributed by atoms with Gasteiger partial charge in [0.2, 0.25) is 5.91 Å². The van der Waals surface area contributed by atoms with E-state index in [9.17, 15) is 4.79 Å². The first-order valence-electron chi connectivity index (χ1n) is 4.78. The molecule has 88 valence electrons. The third-order valence-corrected chi connectivity index (χ3v) is 2.09. The molecular formula is C9H15N5O2. The number of anilines is 1. The number of nitrogens with two attached hydrogens (primary N) is 1. The second-order valence-electron chi connectivity index (χ2n) is 3.66. The van der Waals surface area contributed by atoms with Gasteiger partial charge in [-0.15, -0.1) is 0 Å². The van der Waals surface area contributed by atoms with Crippen molar-refractivity contribution >= 4 is 17.6 Å². The fourth-order valence-electron chi connectivity index (χ4n) is 1.09. The number of aromatic nitrogens is 2. The zero-order valence-electron chi connectivity index (χ0n) is 9.43. The van der Waals surface area contributed by atoms with Gasteiger partial charge in [0.1, 0.15) is 5.82 Å². The number of nitrogens with one attached hydrogen (secondary N) is 1. The summed E-state index contributed by atoms with van der Waals surface area (Å²) < 4.78 is 1.45. The standard InChI is InChI=1S/C9H15N5O2/c1-5(2)9(15)12-8-6(7(10)13-16)4-11-14(8)3/h4-5,16H,1-3H3,(H2,10,13)(H,12,15). The lowest BCUT2D eigenvalue weighted by Gasteiger charge is -2.09. The first-order valence-corrected chi connectivity index (χ1v) is 4.78. The van der Waals surface area contributed by atoms with Crippen LogP contribution in [-0.2, 0) is 11.8 Å². The molecule has 0 unspecified atom stereocenters. The lowest BCUT2D eigenvalue weighted by atomic mass is 10.2. The van der Waals surface area contributed by atoms with E-state index in [1.165, 1.54) is 10.9 Å². The van der Waals surface area contributed by atoms with Gasteiger partial charge >= 0.3 is 0 Å². The molecule has 1 amide bonds. The minimum absolute atomic E-state index is 0.0906. The zero-order valence-corrected chi connectivity index (χ0v) is 9.43. The molecule has 1 aromatic rings. The van der Waals surface area contributed by atoms with Gasteiger partial charge in [-0.25, -0.2) is 0 Å². The Morgan fingerprint density at radius 2 is 2.31 bits per heavy atom. The number of oxime groups is 1. The highest BCUT2D eigenvalue weighted by atomic mass is 16.4. The summed E-state index contributed by atoms with van der Waals surface area (Å²) >= 11 is 0. The zero-order chi connectivity index (χ0) is 12.3. The van der Waals surface area contributed by atoms with E-state index in [1.54, 1.807) is 20.9 Å². The second kappa shape index (κ2) is 4.65. The van der Waals surface area contributed by atoms with Crippen LogP contribution in [0, 0.1) is 5.92 Å². The summed E-state index contributed by atoms with van der Waals surface area (Å²) in [4.78, 5) is 11.5. The fourth-order valence-corrected chi connectivity index (χ4v) is 1.09. The van der Waals surface area contributed by atoms with Crippen LogP contribution in [-0.4, -0.2) is 26.7 Å². The summed E-state index contributed by atoms with van der Waals surface area (Å²) in [7, 11) is 1.66. The molecule has 0 radical (unpaired) electrons. The smallest absolute Gasteiger partial charge is 0.228 e. The van der Waals surface area contributed by atoms with Gasteiger partial charge in [-0.3, -0.25) is 9.48 Å². The second-order valence-corrected chi connectivity index (χ2v) is 3.66. The van der Waals surface area contributed by atoms with Crippen LogP contribution in [0.4, 0.5) is 5.82 Å². The molecule has 1 heterocycles. The molecule has 7 heteroatoms. The molecule has 0 aliphatic carbocycles. The minimum atomic E-state index is -0.157. The van der Waals surface area contributed by atoms with Gasteiger partial charge in [-0.1, -0.05) is 19.0 Å². The number of amidine groups is 1. The summed E-state index contributed by atoms with van der Waals surface area (Å²) in [5.74, 6) is 0.00628. The van der Waals surface area contributed by atoms with Gasteiger partial charge in [0.15, 0.2) is 5.84 Å². The van der Waals surface area contributed by atoms with E-state index in [4.69, 9.17) is 10.9 Å². The van der Waals surface area contributed by atoms with Gasteiger partial charge < -0.3 is 16.3 Å². The Morgan fingerprint density at radius 3 is 2.81 bits per heavy atom. The van der Waals surface area contributed by atoms with Crippen molar-refractivity contribution in [2.45, 2.75) is 13.8 Å². The van der Waals surface area contributed by atoms with Crippen LogP contribution in [0.25, 0.3) is 0 Å². The monoisotopic (exact) mass is 225 g/mol. The van der Waals surface area contributed by atoms with E-state index in [-0.39, 0.29) is 17.7 Å². The van der Waals surface area contributed by atoms with Gasteiger partial charge in [-0.05, 0) is 0 Å². The van der Waals surface area contributed by atoms with Crippen molar-refractivity contribution in [3.8, 4) is 0 Å². The van der Waals surface area contributed by atoms with Gasteiger partial charge in [0.05, 0.1) is 11.8 Å². The number of carbonyl (C=O) groups is 1. The van der Waals surface area contributed by atoms with E-state index in [2.05, 4.69) is 15.6 Å². The third kappa shape index (κ3) is 2.30. The number of hydrogen-bond donors (Lipinski definition) is 3. The third-order valence-electron chi connectivity index (χ3n) is 2.09. The molecular weight excluding hydrogens is 210 g/mol. The summed E-state index contributed by atoms with van der Waals surface area (Å²) in [6.07, 6.45) is 1.42. The Morgan fingerprint density at radius 1 is 1.69 bits per heavy atom. The fraction of sp³-hybridized carbons (Fsp3) is 0.444. The summed E-state index contributed by atoms with van der Waals surface area (Å²) in [5.41, 5.74) is 5.84. The van der Waals surface area contributed by atoms with Crippen molar-refractivity contribution in [2.75, 3.05) is 5.32 Å². The molecule has 1 aromatic heterocycles. The van der Waals surface area contributed by atoms with Crippen molar-refractivity contribution in [3.05, 3.63) is 11.8 Å². The van der Waals surface area contributed by atoms with Crippen LogP contribution in [0.5, 0.6) is 0 Å². The number of nitrogens with zero attached hydrogens (tertiary/aromatic N) is 3. The average Bonchev–Trinajstić information content (AvgIpc) is 2.59. The number of rotatable bonds is 3. The molecule has 4 N–H and O–H groups in total. The number of amides is 1. The van der Waals surface area contributed by atoms with E-state index in [0.717, 1.165) is 0 Å². The summed E-state index contributed by atoms with van der Waals surface area (Å²) in [6, 6.07) is 0. The first kappa shape index (κ1) is 12.0. The maximum absolute atomic E-state index is 11.5. The topological polar surface area (TPSA) is 106 Å². The van der Waals surface area contributed by atoms with Crippen LogP contribution in [0.15, 0.2) is 11.4 Å². The normalized spacial score (nSPS) is 11.9. The number of aryl methyl sites for hydroxylation is 1. The molecule has 0 atom stereocenters. The number of carbonyl (C=O) groups excluding carboxylic acids is 1. The molecule has 0 aromatic carbocycles. The van der Waals surface area contributed by atoms with Gasteiger partial charge in [0.25, 0.3) is 0 Å². The molecule has 0 saturated heterocycles. The number of hydrogen-bond acceptors (Lipinski definition) is 4. The van der Waals surface area contributed by atoms with Crippen molar-refractivity contribution in [1.82, 2.24) is 9.78 Å². The predicted molar refractivity (Wildman–Crippen MR) is 59.2 cm³/mol. The van der Waals surface area contributed by atoms with Gasteiger partial charge in [0, 0.05) is 13.0 Å². The molecule has 0 aliphatic rings. The Bertz CT molecular complexity index is 422. The Hall–Kier alpha value is -2.05. The molecule has 0 fully saturated rings. The van der Waals surface area contributed by atoms with Crippen LogP contribution < -0.4 is 11.1 Å². The minimum Gasteiger partial charge on any atom is -0.409 e. The van der Waals surface area contributed by atoms with Crippen molar-refractivity contribution < 1.29 is 10.0 Å². The lowest BCUT2D eigenvalue weighted by molar-refractivity contribution is -0.118. The Balaban J connectivity index is 3.03. The quantitative estimate of drug-likeness (QED) is 0.294. The predicted octanol–water partition coefficient (Wildman–Crippen LogP) is 0.109. The average molecular weight is 225 g/mol. The van der Waals surface area contributed by atoms with Crippen molar-refractivity contribution in [1.29, 1.82) is 0 Å². The summed E-state index contributed by atoms with van der Waals surface area (Å²) in [6.45, 7) is 3.55. The van der Waals surface area contributed by atoms with E-state index in [1.807, 2.05) is 0 Å². The molecule has 0 aliphatic heterocycles. The SMILES string of the molecule is CC(C)C(=O)Nc1c(C(N)=NO)cnn1C. The highest BCUT2D eigenvalue weighted by molar-refractivity contribution is 6.04. The highest BCUT2D eigenvalue weighted by Gasteiger charge is 2.16. The molecule has 1 rings (SSSR count). The van der Waals surface area contributed by atoms with Crippen LogP contribution >= 0.6 is 0 Å². The molecule has 7 nitrogen and oxygen atoms in total. The van der Waals surface area contributed by atoms with Crippen molar-refractivity contribution in [3.63, 3.8) is 0 Å². The van der Waals surface area contributed by atoms with Crippen molar-refractivity contribution in [2.24, 2.45) is 23.9 Å². The maximum Gasteiger partial charge on any atom is 0.228 e. The van der Waals surface area contributed by atoms with E-state index in [0.29, 0.717) is 11.4 Å². The van der Waals surface area contributed by atoms with Crippen LogP contribution in [0.3, 0.4) is 0 Å². The first-order chi connectivity index (χ1) is 7.47. The Kier molecular flexibility index (Phi) is 3.49. The molecule has 0 saturated carbocycles. The lowest BCUT2D eigenvalue weighted by Crippen LogP contribution is -2.23.